The molecule has 2 aromatic heterocycles. The van der Waals surface area contributed by atoms with Gasteiger partial charge in [-0.2, -0.15) is 0 Å². The van der Waals surface area contributed by atoms with Gasteiger partial charge in [-0.15, -0.1) is 0 Å². The third kappa shape index (κ3) is 3.77. The van der Waals surface area contributed by atoms with E-state index in [4.69, 9.17) is 0 Å². The van der Waals surface area contributed by atoms with E-state index in [1.54, 1.807) is 19.9 Å². The van der Waals surface area contributed by atoms with E-state index in [1.807, 2.05) is 0 Å². The Balaban J connectivity index is 1.73. The molecule has 2 N–H and O–H groups in total. The van der Waals surface area contributed by atoms with E-state index in [9.17, 15) is 14.0 Å². The van der Waals surface area contributed by atoms with Gasteiger partial charge < -0.3 is 0 Å². The molecule has 9 heteroatoms. The van der Waals surface area contributed by atoms with E-state index in [0.717, 1.165) is 22.0 Å². The van der Waals surface area contributed by atoms with Crippen LogP contribution in [0.1, 0.15) is 11.4 Å². The lowest BCUT2D eigenvalue weighted by molar-refractivity contribution is -0.121. The Labute approximate surface area is 141 Å². The minimum atomic E-state index is -0.540. The first-order valence-electron chi connectivity index (χ1n) is 7.44. The Morgan fingerprint density at radius 3 is 2.64 bits per heavy atom. The fraction of sp³-hybridized carbons (Fsp3) is 0.188. The number of rotatable bonds is 4. The molecule has 25 heavy (non-hydrogen) atoms. The molecule has 0 aliphatic rings. The summed E-state index contributed by atoms with van der Waals surface area (Å²) in [6.45, 7) is 3.33. The molecule has 8 nitrogen and oxygen atoms in total. The van der Waals surface area contributed by atoms with Crippen LogP contribution in [0.3, 0.4) is 0 Å². The second kappa shape index (κ2) is 6.63. The molecule has 0 unspecified atom stereocenters. The van der Waals surface area contributed by atoms with Crippen LogP contribution in [0.2, 0.25) is 0 Å². The molecule has 0 aliphatic carbocycles. The van der Waals surface area contributed by atoms with Crippen LogP contribution >= 0.6 is 0 Å². The van der Waals surface area contributed by atoms with E-state index in [2.05, 4.69) is 25.8 Å². The van der Waals surface area contributed by atoms with Gasteiger partial charge in [0.25, 0.3) is 11.5 Å². The van der Waals surface area contributed by atoms with Gasteiger partial charge in [0.2, 0.25) is 5.95 Å². The number of aromatic nitrogens is 4. The molecule has 0 saturated heterocycles. The van der Waals surface area contributed by atoms with Gasteiger partial charge in [0.15, 0.2) is 0 Å². The number of nitrogens with one attached hydrogen (secondary N) is 2. The summed E-state index contributed by atoms with van der Waals surface area (Å²) in [5, 5.41) is 0.112. The Hall–Kier alpha value is -3.36. The number of hydrazine groups is 1. The van der Waals surface area contributed by atoms with E-state index in [1.165, 1.54) is 18.5 Å². The summed E-state index contributed by atoms with van der Waals surface area (Å²) in [4.78, 5) is 36.6. The number of aryl methyl sites for hydroxylation is 2. The van der Waals surface area contributed by atoms with E-state index >= 15 is 0 Å². The van der Waals surface area contributed by atoms with Crippen molar-refractivity contribution < 1.29 is 9.18 Å². The number of carbonyl (C=O) groups is 1. The molecule has 0 fully saturated rings. The number of benzene rings is 1. The third-order valence-corrected chi connectivity index (χ3v) is 3.40. The van der Waals surface area contributed by atoms with Gasteiger partial charge in [-0.3, -0.25) is 25.0 Å². The maximum Gasteiger partial charge on any atom is 0.261 e. The summed E-state index contributed by atoms with van der Waals surface area (Å²) in [6.07, 6.45) is 1.25. The SMILES string of the molecule is Cc1cc(C)nc(NNC(=O)Cn2cnc3ccc(F)cc3c2=O)n1. The first kappa shape index (κ1) is 16.5. The van der Waals surface area contributed by atoms with Gasteiger partial charge in [0.05, 0.1) is 17.2 Å². The lowest BCUT2D eigenvalue weighted by Crippen LogP contribution is -2.36. The van der Waals surface area contributed by atoms with Crippen LogP contribution in [0.25, 0.3) is 10.9 Å². The van der Waals surface area contributed by atoms with E-state index in [-0.39, 0.29) is 17.9 Å². The summed E-state index contributed by atoms with van der Waals surface area (Å²) in [5.41, 5.74) is 6.38. The molecule has 0 atom stereocenters. The van der Waals surface area contributed by atoms with E-state index in [0.29, 0.717) is 5.52 Å². The third-order valence-electron chi connectivity index (χ3n) is 3.40. The number of fused-ring (bicyclic) bond motifs is 1. The van der Waals surface area contributed by atoms with Crippen molar-refractivity contribution in [3.8, 4) is 0 Å². The number of hydrogen-bond donors (Lipinski definition) is 2. The lowest BCUT2D eigenvalue weighted by atomic mass is 10.2. The highest BCUT2D eigenvalue weighted by Gasteiger charge is 2.09. The van der Waals surface area contributed by atoms with Crippen molar-refractivity contribution in [1.82, 2.24) is 24.9 Å². The Kier molecular flexibility index (Phi) is 4.38. The van der Waals surface area contributed by atoms with Crippen molar-refractivity contribution in [2.45, 2.75) is 20.4 Å². The van der Waals surface area contributed by atoms with Gasteiger partial charge in [-0.1, -0.05) is 0 Å². The topological polar surface area (TPSA) is 102 Å². The maximum atomic E-state index is 13.3. The van der Waals surface area contributed by atoms with Crippen molar-refractivity contribution in [2.75, 3.05) is 5.43 Å². The van der Waals surface area contributed by atoms with Crippen molar-refractivity contribution in [3.05, 3.63) is 58.2 Å². The molecular weight excluding hydrogens is 327 g/mol. The summed E-state index contributed by atoms with van der Waals surface area (Å²) < 4.78 is 14.4. The number of carbonyl (C=O) groups excluding carboxylic acids is 1. The second-order valence-corrected chi connectivity index (χ2v) is 5.49. The molecule has 1 amide bonds. The van der Waals surface area contributed by atoms with Crippen molar-refractivity contribution in [2.24, 2.45) is 0 Å². The predicted octanol–water partition coefficient (Wildman–Crippen LogP) is 1.09. The van der Waals surface area contributed by atoms with E-state index < -0.39 is 17.3 Å². The highest BCUT2D eigenvalue weighted by molar-refractivity contribution is 5.79. The minimum Gasteiger partial charge on any atom is -0.289 e. The number of halogens is 1. The largest absolute Gasteiger partial charge is 0.289 e. The van der Waals surface area contributed by atoms with Gasteiger partial charge in [0, 0.05) is 11.4 Å². The molecule has 1 aromatic carbocycles. The standard InChI is InChI=1S/C16H15FN6O2/c1-9-5-10(2)20-16(19-9)22-21-14(24)7-23-8-18-13-4-3-11(17)6-12(13)15(23)25/h3-6,8H,7H2,1-2H3,(H,21,24)(H,19,20,22). The number of hydrogen-bond acceptors (Lipinski definition) is 6. The smallest absolute Gasteiger partial charge is 0.261 e. The molecule has 0 saturated carbocycles. The van der Waals surface area contributed by atoms with Gasteiger partial charge in [-0.25, -0.2) is 19.3 Å². The maximum absolute atomic E-state index is 13.3. The molecule has 3 rings (SSSR count). The molecule has 0 spiro atoms. The molecular formula is C16H15FN6O2. The molecule has 0 radical (unpaired) electrons. The zero-order valence-corrected chi connectivity index (χ0v) is 13.6. The van der Waals surface area contributed by atoms with Gasteiger partial charge in [-0.05, 0) is 38.1 Å². The van der Waals surface area contributed by atoms with Crippen molar-refractivity contribution in [1.29, 1.82) is 0 Å². The van der Waals surface area contributed by atoms with Crippen LogP contribution in [0.5, 0.6) is 0 Å². The van der Waals surface area contributed by atoms with Gasteiger partial charge in [0.1, 0.15) is 12.4 Å². The van der Waals surface area contributed by atoms with Crippen LogP contribution < -0.4 is 16.4 Å². The number of amides is 1. The molecule has 3 aromatic rings. The average Bonchev–Trinajstić information content (AvgIpc) is 2.55. The van der Waals surface area contributed by atoms with Crippen LogP contribution in [0, 0.1) is 19.7 Å². The summed E-state index contributed by atoms with van der Waals surface area (Å²) in [5.74, 6) is -0.790. The quantitative estimate of drug-likeness (QED) is 0.688. The van der Waals surface area contributed by atoms with Crippen LogP contribution in [0.15, 0.2) is 35.4 Å². The zero-order chi connectivity index (χ0) is 18.0. The predicted molar refractivity (Wildman–Crippen MR) is 89.2 cm³/mol. The lowest BCUT2D eigenvalue weighted by Gasteiger charge is -2.10. The van der Waals surface area contributed by atoms with Crippen molar-refractivity contribution in [3.63, 3.8) is 0 Å². The molecule has 128 valence electrons. The van der Waals surface area contributed by atoms with Crippen LogP contribution in [0.4, 0.5) is 10.3 Å². The summed E-state index contributed by atoms with van der Waals surface area (Å²) in [7, 11) is 0. The Morgan fingerprint density at radius 2 is 1.92 bits per heavy atom. The van der Waals surface area contributed by atoms with Crippen LogP contribution in [-0.4, -0.2) is 25.4 Å². The van der Waals surface area contributed by atoms with Crippen molar-refractivity contribution >= 4 is 22.8 Å². The fourth-order valence-electron chi connectivity index (χ4n) is 2.35. The molecule has 0 bridgehead atoms. The Morgan fingerprint density at radius 1 is 1.20 bits per heavy atom. The fourth-order valence-corrected chi connectivity index (χ4v) is 2.35. The van der Waals surface area contributed by atoms with Gasteiger partial charge >= 0.3 is 0 Å². The summed E-state index contributed by atoms with van der Waals surface area (Å²) >= 11 is 0. The average molecular weight is 342 g/mol. The first-order chi connectivity index (χ1) is 11.9. The first-order valence-corrected chi connectivity index (χ1v) is 7.44. The second-order valence-electron chi connectivity index (χ2n) is 5.49. The number of anilines is 1. The van der Waals surface area contributed by atoms with Crippen LogP contribution in [-0.2, 0) is 11.3 Å². The zero-order valence-electron chi connectivity index (χ0n) is 13.6. The number of nitrogens with zero attached hydrogens (tertiary/aromatic N) is 4. The highest BCUT2D eigenvalue weighted by atomic mass is 19.1. The highest BCUT2D eigenvalue weighted by Crippen LogP contribution is 2.08. The minimum absolute atomic E-state index is 0.112. The monoisotopic (exact) mass is 342 g/mol. The molecule has 0 aliphatic heterocycles. The normalized spacial score (nSPS) is 10.7. The molecule has 2 heterocycles. The Bertz CT molecular complexity index is 997. The summed E-state index contributed by atoms with van der Waals surface area (Å²) in [6, 6.07) is 5.53.